The number of thioether (sulfide) groups is 1. The second kappa shape index (κ2) is 11.8. The lowest BCUT2D eigenvalue weighted by Crippen LogP contribution is -2.19. The topological polar surface area (TPSA) is 70.2 Å². The molecule has 0 aliphatic carbocycles. The van der Waals surface area contributed by atoms with Crippen LogP contribution in [0.15, 0.2) is 108 Å². The first kappa shape index (κ1) is 24.7. The van der Waals surface area contributed by atoms with Gasteiger partial charge in [0.05, 0.1) is 0 Å². The quantitative estimate of drug-likeness (QED) is 0.215. The van der Waals surface area contributed by atoms with Crippen LogP contribution in [0.5, 0.6) is 0 Å². The second-order valence-corrected chi connectivity index (χ2v) is 9.58. The van der Waals surface area contributed by atoms with Crippen LogP contribution in [0.25, 0.3) is 0 Å². The highest BCUT2D eigenvalue weighted by Crippen LogP contribution is 2.37. The van der Waals surface area contributed by atoms with Crippen LogP contribution in [0.3, 0.4) is 0 Å². The van der Waals surface area contributed by atoms with Gasteiger partial charge < -0.3 is 16.0 Å². The minimum atomic E-state index is -0.519. The highest BCUT2D eigenvalue weighted by atomic mass is 35.5. The van der Waals surface area contributed by atoms with E-state index in [9.17, 15) is 9.59 Å². The maximum atomic E-state index is 13.2. The molecule has 4 rings (SSSR count). The minimum absolute atomic E-state index is 0.205. The summed E-state index contributed by atoms with van der Waals surface area (Å²) in [6.45, 7) is 0. The fourth-order valence-electron chi connectivity index (χ4n) is 3.30. The summed E-state index contributed by atoms with van der Waals surface area (Å²) >= 11 is 13.6. The first-order chi connectivity index (χ1) is 17.0. The number of benzene rings is 4. The third-order valence-corrected chi connectivity index (χ3v) is 6.57. The molecule has 0 radical (unpaired) electrons. The molecule has 35 heavy (non-hydrogen) atoms. The van der Waals surface area contributed by atoms with Crippen LogP contribution in [0.1, 0.15) is 10.8 Å². The molecule has 1 unspecified atom stereocenters. The lowest BCUT2D eigenvalue weighted by Gasteiger charge is -2.18. The Balaban J connectivity index is 1.46. The highest BCUT2D eigenvalue weighted by molar-refractivity contribution is 8.00. The number of amides is 3. The number of nitrogens with one attached hydrogen (secondary N) is 3. The van der Waals surface area contributed by atoms with E-state index in [1.165, 1.54) is 11.8 Å². The van der Waals surface area contributed by atoms with Crippen molar-refractivity contribution < 1.29 is 9.59 Å². The van der Waals surface area contributed by atoms with Crippen molar-refractivity contribution in [1.29, 1.82) is 0 Å². The third-order valence-electron chi connectivity index (χ3n) is 4.87. The molecule has 8 heteroatoms. The van der Waals surface area contributed by atoms with Gasteiger partial charge in [-0.1, -0.05) is 71.7 Å². The molecule has 0 aliphatic rings. The summed E-state index contributed by atoms with van der Waals surface area (Å²) in [5, 5.41) is 8.85. The van der Waals surface area contributed by atoms with Crippen LogP contribution in [-0.2, 0) is 4.79 Å². The average molecular weight is 522 g/mol. The van der Waals surface area contributed by atoms with E-state index < -0.39 is 5.25 Å². The Labute approximate surface area is 217 Å². The van der Waals surface area contributed by atoms with Crippen LogP contribution in [-0.4, -0.2) is 11.9 Å². The van der Waals surface area contributed by atoms with Crippen molar-refractivity contribution >= 4 is 64.0 Å². The van der Waals surface area contributed by atoms with Crippen molar-refractivity contribution in [3.63, 3.8) is 0 Å². The van der Waals surface area contributed by atoms with E-state index in [1.807, 2.05) is 72.8 Å². The van der Waals surface area contributed by atoms with Crippen molar-refractivity contribution in [2.75, 3.05) is 16.0 Å². The van der Waals surface area contributed by atoms with Crippen molar-refractivity contribution in [3.8, 4) is 0 Å². The molecule has 5 nitrogen and oxygen atoms in total. The number of carbonyl (C=O) groups is 2. The highest BCUT2D eigenvalue weighted by Gasteiger charge is 2.22. The summed E-state index contributed by atoms with van der Waals surface area (Å²) in [6, 6.07) is 30.6. The minimum Gasteiger partial charge on any atom is -0.325 e. The zero-order valence-electron chi connectivity index (χ0n) is 18.4. The van der Waals surface area contributed by atoms with Gasteiger partial charge >= 0.3 is 6.03 Å². The smallest absolute Gasteiger partial charge is 0.323 e. The fourth-order valence-corrected chi connectivity index (χ4v) is 4.85. The Morgan fingerprint density at radius 2 is 1.17 bits per heavy atom. The molecule has 0 spiro atoms. The average Bonchev–Trinajstić information content (AvgIpc) is 2.84. The lowest BCUT2D eigenvalue weighted by molar-refractivity contribution is -0.115. The Hall–Kier alpha value is -3.45. The Bertz CT molecular complexity index is 1280. The third kappa shape index (κ3) is 7.26. The summed E-state index contributed by atoms with van der Waals surface area (Å²) in [7, 11) is 0. The number of para-hydroxylation sites is 1. The number of hydrogen-bond donors (Lipinski definition) is 3. The van der Waals surface area contributed by atoms with Crippen molar-refractivity contribution in [1.82, 2.24) is 0 Å². The van der Waals surface area contributed by atoms with Gasteiger partial charge in [-0.05, 0) is 60.2 Å². The maximum Gasteiger partial charge on any atom is 0.323 e. The van der Waals surface area contributed by atoms with Gasteiger partial charge in [-0.2, -0.15) is 0 Å². The van der Waals surface area contributed by atoms with E-state index in [4.69, 9.17) is 23.2 Å². The summed E-state index contributed by atoms with van der Waals surface area (Å²) in [5.74, 6) is -0.205. The number of halogens is 2. The van der Waals surface area contributed by atoms with E-state index in [1.54, 1.807) is 30.3 Å². The Morgan fingerprint density at radius 1 is 0.629 bits per heavy atom. The second-order valence-electron chi connectivity index (χ2n) is 7.53. The van der Waals surface area contributed by atoms with Gasteiger partial charge in [0.15, 0.2) is 0 Å². The van der Waals surface area contributed by atoms with Crippen LogP contribution >= 0.6 is 35.0 Å². The molecular formula is C27H21Cl2N3O2S. The molecule has 0 fully saturated rings. The number of carbonyl (C=O) groups excluding carboxylic acids is 2. The van der Waals surface area contributed by atoms with E-state index in [0.717, 1.165) is 10.5 Å². The van der Waals surface area contributed by atoms with Gasteiger partial charge in [0.1, 0.15) is 5.25 Å². The number of hydrogen-bond acceptors (Lipinski definition) is 3. The van der Waals surface area contributed by atoms with E-state index in [0.29, 0.717) is 27.1 Å². The van der Waals surface area contributed by atoms with Gasteiger partial charge in [-0.25, -0.2) is 4.79 Å². The first-order valence-electron chi connectivity index (χ1n) is 10.7. The molecule has 4 aromatic carbocycles. The molecule has 3 amide bonds. The molecule has 0 heterocycles. The summed E-state index contributed by atoms with van der Waals surface area (Å²) in [4.78, 5) is 26.4. The SMILES string of the molecule is O=C(Nc1ccccc1)Nc1ccc(SC(C(=O)Nc2cc(Cl)cc(Cl)c2)c2ccccc2)cc1. The van der Waals surface area contributed by atoms with Gasteiger partial charge in [-0.3, -0.25) is 4.79 Å². The van der Waals surface area contributed by atoms with E-state index in [-0.39, 0.29) is 11.9 Å². The van der Waals surface area contributed by atoms with Crippen molar-refractivity contribution in [2.24, 2.45) is 0 Å². The Kier molecular flexibility index (Phi) is 8.32. The summed E-state index contributed by atoms with van der Waals surface area (Å²) in [6.07, 6.45) is 0. The normalized spacial score (nSPS) is 11.4. The van der Waals surface area contributed by atoms with Crippen LogP contribution < -0.4 is 16.0 Å². The number of urea groups is 1. The summed E-state index contributed by atoms with van der Waals surface area (Å²) < 4.78 is 0. The molecule has 0 aliphatic heterocycles. The molecule has 4 aromatic rings. The number of rotatable bonds is 7. The van der Waals surface area contributed by atoms with Crippen LogP contribution in [0.4, 0.5) is 21.9 Å². The number of anilines is 3. The van der Waals surface area contributed by atoms with Crippen molar-refractivity contribution in [3.05, 3.63) is 119 Å². The molecule has 0 bridgehead atoms. The van der Waals surface area contributed by atoms with E-state index >= 15 is 0 Å². The zero-order chi connectivity index (χ0) is 24.6. The lowest BCUT2D eigenvalue weighted by atomic mass is 10.1. The largest absolute Gasteiger partial charge is 0.325 e. The van der Waals surface area contributed by atoms with Crippen LogP contribution in [0.2, 0.25) is 10.0 Å². The molecule has 3 N–H and O–H groups in total. The molecule has 1 atom stereocenters. The maximum absolute atomic E-state index is 13.2. The predicted octanol–water partition coefficient (Wildman–Crippen LogP) is 8.11. The fraction of sp³-hybridized carbons (Fsp3) is 0.0370. The molecule has 176 valence electrons. The van der Waals surface area contributed by atoms with Gasteiger partial charge in [0.25, 0.3) is 0 Å². The van der Waals surface area contributed by atoms with Gasteiger partial charge in [0, 0.05) is 32.0 Å². The monoisotopic (exact) mass is 521 g/mol. The molecule has 0 saturated carbocycles. The van der Waals surface area contributed by atoms with Crippen molar-refractivity contribution in [2.45, 2.75) is 10.1 Å². The first-order valence-corrected chi connectivity index (χ1v) is 12.3. The Morgan fingerprint density at radius 3 is 1.77 bits per heavy atom. The molecular weight excluding hydrogens is 501 g/mol. The van der Waals surface area contributed by atoms with E-state index in [2.05, 4.69) is 16.0 Å². The summed E-state index contributed by atoms with van der Waals surface area (Å²) in [5.41, 5.74) is 2.72. The molecule has 0 saturated heterocycles. The van der Waals surface area contributed by atoms with Crippen LogP contribution in [0, 0.1) is 0 Å². The predicted molar refractivity (Wildman–Crippen MR) is 146 cm³/mol. The molecule has 0 aromatic heterocycles. The van der Waals surface area contributed by atoms with Gasteiger partial charge in [-0.15, -0.1) is 11.8 Å². The zero-order valence-corrected chi connectivity index (χ0v) is 20.7. The standard InChI is InChI=1S/C27H21Cl2N3O2S/c28-19-15-20(29)17-23(16-19)30-26(33)25(18-7-3-1-4-8-18)35-24-13-11-22(12-14-24)32-27(34)31-21-9-5-2-6-10-21/h1-17,25H,(H,30,33)(H2,31,32,34). The van der Waals surface area contributed by atoms with Gasteiger partial charge in [0.2, 0.25) is 5.91 Å².